The van der Waals surface area contributed by atoms with Crippen molar-refractivity contribution in [3.63, 3.8) is 0 Å². The highest BCUT2D eigenvalue weighted by molar-refractivity contribution is 7.14. The first-order valence-electron chi connectivity index (χ1n) is 9.80. The predicted molar refractivity (Wildman–Crippen MR) is 120 cm³/mol. The number of carbonyl (C=O) groups is 1. The molecule has 1 N–H and O–H groups in total. The lowest BCUT2D eigenvalue weighted by Gasteiger charge is -2.06. The van der Waals surface area contributed by atoms with Crippen molar-refractivity contribution in [2.45, 2.75) is 19.8 Å². The Morgan fingerprint density at radius 2 is 1.45 bits per heavy atom. The summed E-state index contributed by atoms with van der Waals surface area (Å²) in [4.78, 5) is 11.9. The molecule has 0 spiro atoms. The van der Waals surface area contributed by atoms with Gasteiger partial charge in [-0.15, -0.1) is 10.2 Å². The minimum absolute atomic E-state index is 0.229. The SMILES string of the molecule is O=C(NCc1nnc(-c2ccc(OCc3ccccc3)cc2)s1)OCc1ccccc1. The van der Waals surface area contributed by atoms with E-state index in [1.165, 1.54) is 11.3 Å². The van der Waals surface area contributed by atoms with Crippen LogP contribution in [0, 0.1) is 0 Å². The van der Waals surface area contributed by atoms with Gasteiger partial charge in [-0.1, -0.05) is 72.0 Å². The minimum atomic E-state index is -0.486. The first-order chi connectivity index (χ1) is 15.3. The van der Waals surface area contributed by atoms with Crippen molar-refractivity contribution in [2.24, 2.45) is 0 Å². The fourth-order valence-electron chi connectivity index (χ4n) is 2.80. The maximum atomic E-state index is 11.9. The molecule has 0 aliphatic carbocycles. The molecule has 31 heavy (non-hydrogen) atoms. The van der Waals surface area contributed by atoms with E-state index in [-0.39, 0.29) is 13.2 Å². The molecule has 0 bridgehead atoms. The smallest absolute Gasteiger partial charge is 0.407 e. The maximum Gasteiger partial charge on any atom is 0.407 e. The third kappa shape index (κ3) is 6.13. The third-order valence-corrected chi connectivity index (χ3v) is 5.39. The Balaban J connectivity index is 1.25. The molecule has 3 aromatic carbocycles. The molecule has 4 rings (SSSR count). The van der Waals surface area contributed by atoms with Crippen LogP contribution < -0.4 is 10.1 Å². The second-order valence-electron chi connectivity index (χ2n) is 6.71. The quantitative estimate of drug-likeness (QED) is 0.415. The van der Waals surface area contributed by atoms with Gasteiger partial charge in [0.1, 0.15) is 29.0 Å². The van der Waals surface area contributed by atoms with E-state index in [1.807, 2.05) is 84.9 Å². The number of aromatic nitrogens is 2. The Bertz CT molecular complexity index is 1100. The number of ether oxygens (including phenoxy) is 2. The molecular formula is C24H21N3O3S. The summed E-state index contributed by atoms with van der Waals surface area (Å²) in [5, 5.41) is 12.6. The van der Waals surface area contributed by atoms with E-state index in [0.29, 0.717) is 11.6 Å². The van der Waals surface area contributed by atoms with E-state index in [4.69, 9.17) is 9.47 Å². The molecule has 0 saturated carbocycles. The zero-order valence-electron chi connectivity index (χ0n) is 16.7. The van der Waals surface area contributed by atoms with E-state index in [0.717, 1.165) is 27.4 Å². The van der Waals surface area contributed by atoms with Crippen LogP contribution in [-0.2, 0) is 24.5 Å². The monoisotopic (exact) mass is 431 g/mol. The van der Waals surface area contributed by atoms with Crippen LogP contribution in [0.5, 0.6) is 5.75 Å². The predicted octanol–water partition coefficient (Wildman–Crippen LogP) is 5.21. The maximum absolute atomic E-state index is 11.9. The largest absolute Gasteiger partial charge is 0.489 e. The summed E-state index contributed by atoms with van der Waals surface area (Å²) in [6.07, 6.45) is -0.486. The fourth-order valence-corrected chi connectivity index (χ4v) is 3.58. The molecule has 0 aliphatic rings. The van der Waals surface area contributed by atoms with Crippen molar-refractivity contribution in [3.8, 4) is 16.3 Å². The Morgan fingerprint density at radius 1 is 0.806 bits per heavy atom. The standard InChI is InChI=1S/C24H21N3O3S/c28-24(30-17-19-9-5-2-6-10-19)25-15-22-26-27-23(31-22)20-11-13-21(14-12-20)29-16-18-7-3-1-4-8-18/h1-14H,15-17H2,(H,25,28). The molecule has 156 valence electrons. The van der Waals surface area contributed by atoms with Crippen LogP contribution in [0.2, 0.25) is 0 Å². The highest BCUT2D eigenvalue weighted by atomic mass is 32.1. The van der Waals surface area contributed by atoms with Crippen molar-refractivity contribution < 1.29 is 14.3 Å². The van der Waals surface area contributed by atoms with Gasteiger partial charge >= 0.3 is 6.09 Å². The van der Waals surface area contributed by atoms with Crippen LogP contribution in [-0.4, -0.2) is 16.3 Å². The van der Waals surface area contributed by atoms with Crippen LogP contribution in [0.3, 0.4) is 0 Å². The summed E-state index contributed by atoms with van der Waals surface area (Å²) >= 11 is 1.43. The van der Waals surface area contributed by atoms with Gasteiger partial charge in [-0.2, -0.15) is 0 Å². The zero-order valence-corrected chi connectivity index (χ0v) is 17.5. The average molecular weight is 432 g/mol. The van der Waals surface area contributed by atoms with Crippen molar-refractivity contribution in [2.75, 3.05) is 0 Å². The lowest BCUT2D eigenvalue weighted by Crippen LogP contribution is -2.23. The molecule has 4 aromatic rings. The van der Waals surface area contributed by atoms with Crippen molar-refractivity contribution in [1.82, 2.24) is 15.5 Å². The first-order valence-corrected chi connectivity index (χ1v) is 10.6. The molecule has 7 heteroatoms. The molecule has 0 aliphatic heterocycles. The summed E-state index contributed by atoms with van der Waals surface area (Å²) in [6.45, 7) is 1.02. The summed E-state index contributed by atoms with van der Waals surface area (Å²) < 4.78 is 11.0. The van der Waals surface area contributed by atoms with Gasteiger partial charge in [-0.3, -0.25) is 0 Å². The van der Waals surface area contributed by atoms with Crippen molar-refractivity contribution in [1.29, 1.82) is 0 Å². The van der Waals surface area contributed by atoms with E-state index < -0.39 is 6.09 Å². The topological polar surface area (TPSA) is 73.3 Å². The van der Waals surface area contributed by atoms with Gasteiger partial charge in [0.25, 0.3) is 0 Å². The summed E-state index contributed by atoms with van der Waals surface area (Å²) in [7, 11) is 0. The number of carbonyl (C=O) groups excluding carboxylic acids is 1. The number of hydrogen-bond acceptors (Lipinski definition) is 6. The molecule has 6 nitrogen and oxygen atoms in total. The summed E-state index contributed by atoms with van der Waals surface area (Å²) in [5.41, 5.74) is 3.00. The second-order valence-corrected chi connectivity index (χ2v) is 7.78. The number of rotatable bonds is 8. The molecule has 0 fully saturated rings. The van der Waals surface area contributed by atoms with Crippen LogP contribution in [0.4, 0.5) is 4.79 Å². The third-order valence-electron chi connectivity index (χ3n) is 4.41. The van der Waals surface area contributed by atoms with Crippen LogP contribution in [0.25, 0.3) is 10.6 Å². The van der Waals surface area contributed by atoms with E-state index >= 15 is 0 Å². The highest BCUT2D eigenvalue weighted by Gasteiger charge is 2.09. The Hall–Kier alpha value is -3.71. The van der Waals surface area contributed by atoms with E-state index in [1.54, 1.807) is 0 Å². The number of nitrogens with zero attached hydrogens (tertiary/aromatic N) is 2. The van der Waals surface area contributed by atoms with Gasteiger partial charge in [0.15, 0.2) is 0 Å². The fraction of sp³-hybridized carbons (Fsp3) is 0.125. The molecule has 0 unspecified atom stereocenters. The molecule has 0 radical (unpaired) electrons. The lowest BCUT2D eigenvalue weighted by atomic mass is 10.2. The number of hydrogen-bond donors (Lipinski definition) is 1. The highest BCUT2D eigenvalue weighted by Crippen LogP contribution is 2.26. The molecule has 1 aromatic heterocycles. The van der Waals surface area contributed by atoms with Crippen LogP contribution in [0.1, 0.15) is 16.1 Å². The minimum Gasteiger partial charge on any atom is -0.489 e. The summed E-state index contributed by atoms with van der Waals surface area (Å²) in [5.74, 6) is 0.792. The van der Waals surface area contributed by atoms with Gasteiger partial charge in [0.2, 0.25) is 0 Å². The number of nitrogens with one attached hydrogen (secondary N) is 1. The Morgan fingerprint density at radius 3 is 2.13 bits per heavy atom. The van der Waals surface area contributed by atoms with Crippen LogP contribution in [0.15, 0.2) is 84.9 Å². The van der Waals surface area contributed by atoms with Gasteiger partial charge in [0, 0.05) is 5.56 Å². The molecule has 0 atom stereocenters. The number of alkyl carbamates (subject to hydrolysis) is 1. The number of amides is 1. The van der Waals surface area contributed by atoms with E-state index in [2.05, 4.69) is 15.5 Å². The normalized spacial score (nSPS) is 10.5. The number of benzene rings is 3. The molecular weight excluding hydrogens is 410 g/mol. The van der Waals surface area contributed by atoms with Crippen molar-refractivity contribution >= 4 is 17.4 Å². The van der Waals surface area contributed by atoms with Crippen molar-refractivity contribution in [3.05, 3.63) is 101 Å². The van der Waals surface area contributed by atoms with Gasteiger partial charge in [-0.05, 0) is 35.4 Å². The van der Waals surface area contributed by atoms with E-state index in [9.17, 15) is 4.79 Å². The molecule has 0 saturated heterocycles. The van der Waals surface area contributed by atoms with Gasteiger partial charge in [0.05, 0.1) is 6.54 Å². The first kappa shape index (κ1) is 20.6. The Labute approximate surface area is 184 Å². The van der Waals surface area contributed by atoms with Crippen LogP contribution >= 0.6 is 11.3 Å². The summed E-state index contributed by atoms with van der Waals surface area (Å²) in [6, 6.07) is 27.3. The Kier molecular flexibility index (Phi) is 6.87. The average Bonchev–Trinajstić information content (AvgIpc) is 3.31. The molecule has 1 heterocycles. The zero-order chi connectivity index (χ0) is 21.3. The second kappa shape index (κ2) is 10.4. The lowest BCUT2D eigenvalue weighted by molar-refractivity contribution is 0.139. The molecule has 1 amide bonds. The van der Waals surface area contributed by atoms with Gasteiger partial charge < -0.3 is 14.8 Å². The van der Waals surface area contributed by atoms with Gasteiger partial charge in [-0.25, -0.2) is 4.79 Å².